The minimum atomic E-state index is -0.497. The van der Waals surface area contributed by atoms with E-state index in [0.717, 1.165) is 35.3 Å². The summed E-state index contributed by atoms with van der Waals surface area (Å²) < 4.78 is 14.3. The molecule has 2 aromatic heterocycles. The summed E-state index contributed by atoms with van der Waals surface area (Å²) in [5.74, 6) is -0.359. The van der Waals surface area contributed by atoms with E-state index in [9.17, 15) is 9.18 Å². The molecule has 5 rings (SSSR count). The lowest BCUT2D eigenvalue weighted by Crippen LogP contribution is -2.27. The topological polar surface area (TPSA) is 114 Å². The average molecular weight is 416 g/mol. The lowest BCUT2D eigenvalue weighted by atomic mass is 9.99. The number of aromatic nitrogens is 3. The van der Waals surface area contributed by atoms with Crippen molar-refractivity contribution in [3.63, 3.8) is 0 Å². The standard InChI is InChI=1S/C23H21FN6O/c24-18-5-2-6-19-20(18)29-23(28-19)17-11-27-10-16(21(17)30-8-7-15(25)12-30)13-3-1-4-14(9-13)22(26)31/h1-6,9-11,15H,7-8,12,25H2,(H2,26,31)(H,28,29)/t15-/m0/s1. The molecule has 5 N–H and O–H groups in total. The third-order valence-electron chi connectivity index (χ3n) is 5.64. The van der Waals surface area contributed by atoms with E-state index in [1.165, 1.54) is 6.07 Å². The summed E-state index contributed by atoms with van der Waals surface area (Å²) in [5, 5.41) is 0. The molecular formula is C23H21FN6O. The van der Waals surface area contributed by atoms with Crippen LogP contribution in [0, 0.1) is 5.82 Å². The third kappa shape index (κ3) is 3.40. The van der Waals surface area contributed by atoms with Gasteiger partial charge in [0.15, 0.2) is 5.82 Å². The number of primary amides is 1. The first-order valence-corrected chi connectivity index (χ1v) is 10.0. The van der Waals surface area contributed by atoms with E-state index in [0.29, 0.717) is 23.4 Å². The van der Waals surface area contributed by atoms with E-state index in [1.807, 2.05) is 6.07 Å². The van der Waals surface area contributed by atoms with Crippen LogP contribution in [0.5, 0.6) is 0 Å². The number of hydrogen-bond acceptors (Lipinski definition) is 5. The molecule has 0 radical (unpaired) electrons. The minimum Gasteiger partial charge on any atom is -0.369 e. The van der Waals surface area contributed by atoms with Crippen LogP contribution in [0.2, 0.25) is 0 Å². The summed E-state index contributed by atoms with van der Waals surface area (Å²) in [6.07, 6.45) is 4.33. The molecule has 0 saturated carbocycles. The molecule has 1 atom stereocenters. The number of halogens is 1. The number of para-hydroxylation sites is 1. The Morgan fingerprint density at radius 1 is 1.16 bits per heavy atom. The van der Waals surface area contributed by atoms with Crippen molar-refractivity contribution >= 4 is 22.6 Å². The van der Waals surface area contributed by atoms with E-state index in [4.69, 9.17) is 11.5 Å². The number of pyridine rings is 1. The van der Waals surface area contributed by atoms with Crippen LogP contribution in [-0.2, 0) is 0 Å². The molecule has 1 saturated heterocycles. The first-order valence-electron chi connectivity index (χ1n) is 10.0. The van der Waals surface area contributed by atoms with Crippen molar-refractivity contribution in [2.24, 2.45) is 11.5 Å². The van der Waals surface area contributed by atoms with Crippen molar-refractivity contribution < 1.29 is 9.18 Å². The van der Waals surface area contributed by atoms with Crippen molar-refractivity contribution in [3.05, 3.63) is 66.2 Å². The van der Waals surface area contributed by atoms with Crippen LogP contribution in [0.25, 0.3) is 33.5 Å². The Labute approximate surface area is 177 Å². The molecule has 1 aliphatic rings. The van der Waals surface area contributed by atoms with Crippen molar-refractivity contribution in [1.82, 2.24) is 15.0 Å². The van der Waals surface area contributed by atoms with Crippen molar-refractivity contribution in [2.75, 3.05) is 18.0 Å². The second-order valence-corrected chi connectivity index (χ2v) is 7.74. The predicted octanol–water partition coefficient (Wildman–Crippen LogP) is 3.07. The number of anilines is 1. The molecule has 31 heavy (non-hydrogen) atoms. The van der Waals surface area contributed by atoms with Gasteiger partial charge in [0.05, 0.1) is 16.8 Å². The van der Waals surface area contributed by atoms with Gasteiger partial charge >= 0.3 is 0 Å². The number of hydrogen-bond donors (Lipinski definition) is 3. The Balaban J connectivity index is 1.73. The normalized spacial score (nSPS) is 16.2. The van der Waals surface area contributed by atoms with E-state index in [-0.39, 0.29) is 17.4 Å². The number of aromatic amines is 1. The summed E-state index contributed by atoms with van der Waals surface area (Å²) in [6, 6.07) is 12.0. The van der Waals surface area contributed by atoms with E-state index in [1.54, 1.807) is 42.7 Å². The number of amides is 1. The van der Waals surface area contributed by atoms with Gasteiger partial charge in [-0.3, -0.25) is 9.78 Å². The van der Waals surface area contributed by atoms with Gasteiger partial charge in [-0.15, -0.1) is 0 Å². The van der Waals surface area contributed by atoms with Crippen LogP contribution in [0.1, 0.15) is 16.8 Å². The number of fused-ring (bicyclic) bond motifs is 1. The second kappa shape index (κ2) is 7.48. The van der Waals surface area contributed by atoms with Gasteiger partial charge in [-0.05, 0) is 36.2 Å². The van der Waals surface area contributed by atoms with Gasteiger partial charge in [0.25, 0.3) is 0 Å². The van der Waals surface area contributed by atoms with Crippen LogP contribution >= 0.6 is 0 Å². The lowest BCUT2D eigenvalue weighted by Gasteiger charge is -2.24. The molecule has 2 aromatic carbocycles. The monoisotopic (exact) mass is 416 g/mol. The van der Waals surface area contributed by atoms with Crippen LogP contribution < -0.4 is 16.4 Å². The summed E-state index contributed by atoms with van der Waals surface area (Å²) in [5.41, 5.74) is 16.3. The molecule has 3 heterocycles. The highest BCUT2D eigenvalue weighted by molar-refractivity contribution is 5.96. The predicted molar refractivity (Wildman–Crippen MR) is 118 cm³/mol. The number of imidazole rings is 1. The minimum absolute atomic E-state index is 0.0546. The Bertz CT molecular complexity index is 1300. The highest BCUT2D eigenvalue weighted by atomic mass is 19.1. The maximum atomic E-state index is 14.3. The highest BCUT2D eigenvalue weighted by Gasteiger charge is 2.26. The molecule has 0 unspecified atom stereocenters. The third-order valence-corrected chi connectivity index (χ3v) is 5.64. The van der Waals surface area contributed by atoms with E-state index < -0.39 is 5.91 Å². The summed E-state index contributed by atoms with van der Waals surface area (Å²) in [6.45, 7) is 1.45. The van der Waals surface area contributed by atoms with Crippen LogP contribution in [-0.4, -0.2) is 40.0 Å². The van der Waals surface area contributed by atoms with Gasteiger partial charge in [0.2, 0.25) is 5.91 Å². The smallest absolute Gasteiger partial charge is 0.248 e. The summed E-state index contributed by atoms with van der Waals surface area (Å²) in [7, 11) is 0. The van der Waals surface area contributed by atoms with Crippen molar-refractivity contribution in [2.45, 2.75) is 12.5 Å². The highest BCUT2D eigenvalue weighted by Crippen LogP contribution is 2.40. The molecular weight excluding hydrogens is 395 g/mol. The first-order chi connectivity index (χ1) is 15.0. The lowest BCUT2D eigenvalue weighted by molar-refractivity contribution is 0.100. The molecule has 7 nitrogen and oxygen atoms in total. The molecule has 0 spiro atoms. The summed E-state index contributed by atoms with van der Waals surface area (Å²) >= 11 is 0. The number of nitrogens with one attached hydrogen (secondary N) is 1. The largest absolute Gasteiger partial charge is 0.369 e. The SMILES string of the molecule is NC(=O)c1cccc(-c2cncc(-c3nc4c(F)cccc4[nH]3)c2N2CC[C@H](N)C2)c1. The van der Waals surface area contributed by atoms with Gasteiger partial charge in [0, 0.05) is 42.7 Å². The maximum absolute atomic E-state index is 14.3. The molecule has 0 aliphatic carbocycles. The molecule has 1 fully saturated rings. The van der Waals surface area contributed by atoms with E-state index >= 15 is 0 Å². The number of rotatable bonds is 4. The van der Waals surface area contributed by atoms with Gasteiger partial charge < -0.3 is 21.4 Å². The van der Waals surface area contributed by atoms with Gasteiger partial charge in [-0.1, -0.05) is 18.2 Å². The van der Waals surface area contributed by atoms with Crippen molar-refractivity contribution in [3.8, 4) is 22.5 Å². The van der Waals surface area contributed by atoms with Crippen LogP contribution in [0.4, 0.5) is 10.1 Å². The molecule has 4 aromatic rings. The fourth-order valence-corrected chi connectivity index (χ4v) is 4.13. The second-order valence-electron chi connectivity index (χ2n) is 7.74. The molecule has 1 aliphatic heterocycles. The number of benzene rings is 2. The quantitative estimate of drug-likeness (QED) is 0.473. The number of H-pyrrole nitrogens is 1. The van der Waals surface area contributed by atoms with Gasteiger partial charge in [0.1, 0.15) is 11.3 Å². The first kappa shape index (κ1) is 19.2. The zero-order chi connectivity index (χ0) is 21.5. The van der Waals surface area contributed by atoms with Crippen LogP contribution in [0.3, 0.4) is 0 Å². The number of nitrogens with zero attached hydrogens (tertiary/aromatic N) is 3. The average Bonchev–Trinajstić information content (AvgIpc) is 3.40. The van der Waals surface area contributed by atoms with Crippen molar-refractivity contribution in [1.29, 1.82) is 0 Å². The Kier molecular flexibility index (Phi) is 4.63. The van der Waals surface area contributed by atoms with Crippen LogP contribution in [0.15, 0.2) is 54.9 Å². The molecule has 156 valence electrons. The maximum Gasteiger partial charge on any atom is 0.248 e. The Hall–Kier alpha value is -3.78. The molecule has 0 bridgehead atoms. The number of nitrogens with two attached hydrogens (primary N) is 2. The zero-order valence-electron chi connectivity index (χ0n) is 16.7. The Morgan fingerprint density at radius 2 is 1.97 bits per heavy atom. The molecule has 1 amide bonds. The zero-order valence-corrected chi connectivity index (χ0v) is 16.7. The fraction of sp³-hybridized carbons (Fsp3) is 0.174. The fourth-order valence-electron chi connectivity index (χ4n) is 4.13. The number of carbonyl (C=O) groups is 1. The Morgan fingerprint density at radius 3 is 2.71 bits per heavy atom. The van der Waals surface area contributed by atoms with Gasteiger partial charge in [-0.25, -0.2) is 9.37 Å². The van der Waals surface area contributed by atoms with Gasteiger partial charge in [-0.2, -0.15) is 0 Å². The summed E-state index contributed by atoms with van der Waals surface area (Å²) in [4.78, 5) is 26.1. The van der Waals surface area contributed by atoms with E-state index in [2.05, 4.69) is 19.9 Å². The molecule has 8 heteroatoms. The number of carbonyl (C=O) groups excluding carboxylic acids is 1.